The van der Waals surface area contributed by atoms with Gasteiger partial charge in [-0.25, -0.2) is 0 Å². The molecule has 0 radical (unpaired) electrons. The molecule has 0 bridgehead atoms. The molecule has 4 nitrogen and oxygen atoms in total. The first-order valence-electron chi connectivity index (χ1n) is 7.75. The molecule has 122 valence electrons. The Balaban J connectivity index is 1.58. The number of aryl methyl sites for hydroxylation is 1. The number of ether oxygens (including phenoxy) is 2. The zero-order valence-electron chi connectivity index (χ0n) is 13.5. The number of hydrogen-bond acceptors (Lipinski definition) is 4. The number of amides is 1. The Morgan fingerprint density at radius 3 is 2.79 bits per heavy atom. The van der Waals surface area contributed by atoms with Crippen molar-refractivity contribution in [3.63, 3.8) is 0 Å². The van der Waals surface area contributed by atoms with E-state index in [9.17, 15) is 4.79 Å². The van der Waals surface area contributed by atoms with Crippen LogP contribution in [0.4, 0.5) is 0 Å². The maximum Gasteiger partial charge on any atom is 0.264 e. The predicted molar refractivity (Wildman–Crippen MR) is 94.9 cm³/mol. The third-order valence-corrected chi connectivity index (χ3v) is 5.50. The van der Waals surface area contributed by atoms with E-state index in [4.69, 9.17) is 9.47 Å². The molecule has 1 aliphatic rings. The number of rotatable bonds is 3. The minimum atomic E-state index is 0.0476. The van der Waals surface area contributed by atoms with Gasteiger partial charge in [0.2, 0.25) is 6.79 Å². The van der Waals surface area contributed by atoms with Crippen LogP contribution < -0.4 is 9.47 Å². The largest absolute Gasteiger partial charge is 0.454 e. The summed E-state index contributed by atoms with van der Waals surface area (Å²) in [5.41, 5.74) is 2.08. The lowest BCUT2D eigenvalue weighted by Crippen LogP contribution is -2.25. The molecule has 24 heavy (non-hydrogen) atoms. The number of benzene rings is 2. The van der Waals surface area contributed by atoms with E-state index >= 15 is 0 Å². The Morgan fingerprint density at radius 2 is 1.96 bits per heavy atom. The zero-order valence-corrected chi connectivity index (χ0v) is 14.4. The Hall–Kier alpha value is -2.53. The van der Waals surface area contributed by atoms with E-state index in [-0.39, 0.29) is 12.7 Å². The number of nitrogens with zero attached hydrogens (tertiary/aromatic N) is 1. The molecule has 0 unspecified atom stereocenters. The van der Waals surface area contributed by atoms with Gasteiger partial charge in [0.05, 0.1) is 4.88 Å². The van der Waals surface area contributed by atoms with Gasteiger partial charge in [0.15, 0.2) is 11.5 Å². The van der Waals surface area contributed by atoms with Crippen molar-refractivity contribution in [3.8, 4) is 11.5 Å². The molecule has 0 atom stereocenters. The van der Waals surface area contributed by atoms with Crippen LogP contribution >= 0.6 is 11.3 Å². The van der Waals surface area contributed by atoms with Gasteiger partial charge in [0, 0.05) is 18.3 Å². The fourth-order valence-corrected chi connectivity index (χ4v) is 4.14. The topological polar surface area (TPSA) is 38.8 Å². The molecule has 1 aromatic heterocycles. The second kappa shape index (κ2) is 5.83. The summed E-state index contributed by atoms with van der Waals surface area (Å²) in [7, 11) is 1.83. The smallest absolute Gasteiger partial charge is 0.264 e. The second-order valence-corrected chi connectivity index (χ2v) is 6.95. The van der Waals surface area contributed by atoms with Crippen molar-refractivity contribution in [1.29, 1.82) is 0 Å². The van der Waals surface area contributed by atoms with Gasteiger partial charge in [0.1, 0.15) is 0 Å². The first-order valence-corrected chi connectivity index (χ1v) is 8.57. The number of thiophene rings is 1. The fraction of sp³-hybridized carbons (Fsp3) is 0.211. The molecule has 0 N–H and O–H groups in total. The Labute approximate surface area is 144 Å². The molecule has 1 aliphatic heterocycles. The molecule has 1 amide bonds. The second-order valence-electron chi connectivity index (χ2n) is 5.90. The summed E-state index contributed by atoms with van der Waals surface area (Å²) in [6.07, 6.45) is 0. The molecule has 0 spiro atoms. The summed E-state index contributed by atoms with van der Waals surface area (Å²) in [4.78, 5) is 15.4. The van der Waals surface area contributed by atoms with Crippen LogP contribution in [-0.4, -0.2) is 24.6 Å². The number of fused-ring (bicyclic) bond motifs is 2. The highest BCUT2D eigenvalue weighted by molar-refractivity contribution is 7.21. The van der Waals surface area contributed by atoms with E-state index in [0.717, 1.165) is 37.6 Å². The van der Waals surface area contributed by atoms with Crippen LogP contribution in [0.25, 0.3) is 10.1 Å². The monoisotopic (exact) mass is 339 g/mol. The average molecular weight is 339 g/mol. The van der Waals surface area contributed by atoms with Crippen LogP contribution in [0.1, 0.15) is 20.8 Å². The van der Waals surface area contributed by atoms with E-state index in [1.165, 1.54) is 0 Å². The first kappa shape index (κ1) is 15.0. The summed E-state index contributed by atoms with van der Waals surface area (Å²) in [6, 6.07) is 13.9. The SMILES string of the molecule is Cc1c(C(=O)N(C)Cc2ccc3c(c2)OCO3)sc2ccccc12. The molecule has 4 rings (SSSR count). The summed E-state index contributed by atoms with van der Waals surface area (Å²) >= 11 is 1.56. The van der Waals surface area contributed by atoms with E-state index in [0.29, 0.717) is 6.54 Å². The standard InChI is InChI=1S/C19H17NO3S/c1-12-14-5-3-4-6-17(14)24-18(12)19(21)20(2)10-13-7-8-15-16(9-13)23-11-22-15/h3-9H,10-11H2,1-2H3. The van der Waals surface area contributed by atoms with Crippen molar-refractivity contribution in [2.45, 2.75) is 13.5 Å². The van der Waals surface area contributed by atoms with E-state index in [1.807, 2.05) is 44.3 Å². The molecule has 2 aromatic carbocycles. The molecular weight excluding hydrogens is 322 g/mol. The molecular formula is C19H17NO3S. The van der Waals surface area contributed by atoms with Crippen molar-refractivity contribution in [3.05, 3.63) is 58.5 Å². The van der Waals surface area contributed by atoms with Gasteiger partial charge >= 0.3 is 0 Å². The highest BCUT2D eigenvalue weighted by Crippen LogP contribution is 2.34. The van der Waals surface area contributed by atoms with E-state index in [1.54, 1.807) is 16.2 Å². The van der Waals surface area contributed by atoms with Gasteiger partial charge in [-0.2, -0.15) is 0 Å². The Kier molecular flexibility index (Phi) is 3.65. The molecule has 0 fully saturated rings. The third kappa shape index (κ3) is 2.51. The summed E-state index contributed by atoms with van der Waals surface area (Å²) in [5, 5.41) is 1.15. The lowest BCUT2D eigenvalue weighted by Gasteiger charge is -2.17. The van der Waals surface area contributed by atoms with Gasteiger partial charge in [-0.15, -0.1) is 11.3 Å². The molecule has 2 heterocycles. The van der Waals surface area contributed by atoms with Crippen molar-refractivity contribution in [1.82, 2.24) is 4.90 Å². The van der Waals surface area contributed by atoms with Crippen LogP contribution in [0.3, 0.4) is 0 Å². The summed E-state index contributed by atoms with van der Waals surface area (Å²) in [6.45, 7) is 2.80. The lowest BCUT2D eigenvalue weighted by molar-refractivity contribution is 0.0789. The van der Waals surface area contributed by atoms with Crippen LogP contribution in [0, 0.1) is 6.92 Å². The number of hydrogen-bond donors (Lipinski definition) is 0. The first-order chi connectivity index (χ1) is 11.6. The Bertz CT molecular complexity index is 932. The molecule has 3 aromatic rings. The third-order valence-electron chi connectivity index (χ3n) is 4.24. The quantitative estimate of drug-likeness (QED) is 0.717. The average Bonchev–Trinajstić information content (AvgIpc) is 3.18. The van der Waals surface area contributed by atoms with Gasteiger partial charge in [-0.3, -0.25) is 4.79 Å². The number of carbonyl (C=O) groups excluding carboxylic acids is 1. The normalized spacial score (nSPS) is 12.6. The molecule has 5 heteroatoms. The predicted octanol–water partition coefficient (Wildman–Crippen LogP) is 4.21. The molecule has 0 saturated carbocycles. The van der Waals surface area contributed by atoms with Crippen molar-refractivity contribution >= 4 is 27.3 Å². The van der Waals surface area contributed by atoms with Crippen molar-refractivity contribution in [2.24, 2.45) is 0 Å². The summed E-state index contributed by atoms with van der Waals surface area (Å²) < 4.78 is 11.9. The van der Waals surface area contributed by atoms with Gasteiger partial charge in [-0.1, -0.05) is 24.3 Å². The van der Waals surface area contributed by atoms with Crippen LogP contribution in [0.15, 0.2) is 42.5 Å². The van der Waals surface area contributed by atoms with Crippen LogP contribution in [0.5, 0.6) is 11.5 Å². The van der Waals surface area contributed by atoms with E-state index in [2.05, 4.69) is 12.1 Å². The molecule has 0 saturated heterocycles. The van der Waals surface area contributed by atoms with Crippen molar-refractivity contribution in [2.75, 3.05) is 13.8 Å². The minimum Gasteiger partial charge on any atom is -0.454 e. The maximum atomic E-state index is 12.9. The fourth-order valence-electron chi connectivity index (χ4n) is 2.94. The van der Waals surface area contributed by atoms with Gasteiger partial charge in [0.25, 0.3) is 5.91 Å². The Morgan fingerprint density at radius 1 is 1.17 bits per heavy atom. The van der Waals surface area contributed by atoms with Crippen LogP contribution in [0.2, 0.25) is 0 Å². The lowest BCUT2D eigenvalue weighted by atomic mass is 10.1. The highest BCUT2D eigenvalue weighted by atomic mass is 32.1. The van der Waals surface area contributed by atoms with Crippen LogP contribution in [-0.2, 0) is 6.54 Å². The summed E-state index contributed by atoms with van der Waals surface area (Å²) in [5.74, 6) is 1.55. The maximum absolute atomic E-state index is 12.9. The zero-order chi connectivity index (χ0) is 16.7. The van der Waals surface area contributed by atoms with E-state index < -0.39 is 0 Å². The van der Waals surface area contributed by atoms with Gasteiger partial charge in [-0.05, 0) is 41.6 Å². The highest BCUT2D eigenvalue weighted by Gasteiger charge is 2.20. The minimum absolute atomic E-state index is 0.0476. The number of carbonyl (C=O) groups is 1. The molecule has 0 aliphatic carbocycles. The van der Waals surface area contributed by atoms with Gasteiger partial charge < -0.3 is 14.4 Å². The van der Waals surface area contributed by atoms with Crippen molar-refractivity contribution < 1.29 is 14.3 Å².